The normalized spacial score (nSPS) is 18.1. The summed E-state index contributed by atoms with van der Waals surface area (Å²) < 4.78 is 5.45. The van der Waals surface area contributed by atoms with E-state index in [1.54, 1.807) is 6.07 Å². The second-order valence-electron chi connectivity index (χ2n) is 5.74. The number of carbonyl (C=O) groups excluding carboxylic acids is 1. The molecule has 110 valence electrons. The van der Waals surface area contributed by atoms with E-state index >= 15 is 0 Å². The molecule has 2 rings (SSSR count). The van der Waals surface area contributed by atoms with E-state index in [1.807, 2.05) is 24.8 Å². The number of ether oxygens (including phenoxy) is 1. The molecular formula is C15H21ClN2O2. The largest absolute Gasteiger partial charge is 0.377 e. The number of hydrogen-bond acceptors (Lipinski definition) is 3. The van der Waals surface area contributed by atoms with E-state index in [-0.39, 0.29) is 11.4 Å². The van der Waals surface area contributed by atoms with Crippen molar-refractivity contribution in [1.29, 1.82) is 0 Å². The third-order valence-corrected chi connectivity index (χ3v) is 3.68. The first kappa shape index (κ1) is 15.3. The molecule has 2 heterocycles. The van der Waals surface area contributed by atoms with Gasteiger partial charge in [0.2, 0.25) is 0 Å². The van der Waals surface area contributed by atoms with Crippen LogP contribution in [0, 0.1) is 0 Å². The molecule has 0 unspecified atom stereocenters. The van der Waals surface area contributed by atoms with Crippen molar-refractivity contribution in [3.63, 3.8) is 0 Å². The molecule has 5 heteroatoms. The van der Waals surface area contributed by atoms with Crippen LogP contribution < -0.4 is 0 Å². The van der Waals surface area contributed by atoms with Crippen LogP contribution >= 0.6 is 11.6 Å². The Morgan fingerprint density at radius 1 is 1.50 bits per heavy atom. The Bertz CT molecular complexity index is 503. The van der Waals surface area contributed by atoms with Gasteiger partial charge in [0.15, 0.2) is 0 Å². The topological polar surface area (TPSA) is 42.4 Å². The number of pyridine rings is 1. The van der Waals surface area contributed by atoms with Crippen LogP contribution in [0.2, 0.25) is 5.15 Å². The van der Waals surface area contributed by atoms with Gasteiger partial charge < -0.3 is 9.64 Å². The summed E-state index contributed by atoms with van der Waals surface area (Å²) in [6, 6.07) is 3.50. The molecule has 1 fully saturated rings. The molecule has 0 atom stereocenters. The highest BCUT2D eigenvalue weighted by molar-refractivity contribution is 6.29. The number of aryl methyl sites for hydroxylation is 1. The van der Waals surface area contributed by atoms with Crippen molar-refractivity contribution in [2.24, 2.45) is 0 Å². The smallest absolute Gasteiger partial charge is 0.254 e. The van der Waals surface area contributed by atoms with Gasteiger partial charge in [0.1, 0.15) is 5.15 Å². The van der Waals surface area contributed by atoms with Crippen LogP contribution in [0.1, 0.15) is 43.2 Å². The van der Waals surface area contributed by atoms with Crippen LogP contribution in [0.15, 0.2) is 12.1 Å². The molecule has 1 saturated heterocycles. The zero-order valence-corrected chi connectivity index (χ0v) is 13.0. The van der Waals surface area contributed by atoms with Gasteiger partial charge in [-0.2, -0.15) is 0 Å². The first-order chi connectivity index (χ1) is 9.44. The second-order valence-corrected chi connectivity index (χ2v) is 6.13. The molecule has 0 bridgehead atoms. The molecule has 0 N–H and O–H groups in total. The van der Waals surface area contributed by atoms with Crippen LogP contribution in [0.25, 0.3) is 0 Å². The number of rotatable bonds is 3. The van der Waals surface area contributed by atoms with E-state index in [4.69, 9.17) is 16.3 Å². The van der Waals surface area contributed by atoms with Gasteiger partial charge in [0.25, 0.3) is 5.91 Å². The highest BCUT2D eigenvalue weighted by Gasteiger charge is 2.34. The van der Waals surface area contributed by atoms with Gasteiger partial charge in [-0.05, 0) is 32.4 Å². The van der Waals surface area contributed by atoms with Gasteiger partial charge in [0.05, 0.1) is 18.8 Å². The van der Waals surface area contributed by atoms with E-state index < -0.39 is 0 Å². The van der Waals surface area contributed by atoms with Gasteiger partial charge in [-0.3, -0.25) is 4.79 Å². The summed E-state index contributed by atoms with van der Waals surface area (Å²) in [4.78, 5) is 18.8. The minimum atomic E-state index is -0.296. The Kier molecular flexibility index (Phi) is 4.66. The predicted octanol–water partition coefficient (Wildman–Crippen LogP) is 2.94. The van der Waals surface area contributed by atoms with Gasteiger partial charge in [0, 0.05) is 17.8 Å². The number of morpholine rings is 1. The van der Waals surface area contributed by atoms with Gasteiger partial charge >= 0.3 is 0 Å². The van der Waals surface area contributed by atoms with Crippen molar-refractivity contribution in [1.82, 2.24) is 9.88 Å². The highest BCUT2D eigenvalue weighted by Crippen LogP contribution is 2.23. The molecule has 1 aliphatic heterocycles. The summed E-state index contributed by atoms with van der Waals surface area (Å²) in [5.41, 5.74) is 1.19. The maximum atomic E-state index is 12.7. The Balaban J connectivity index is 2.28. The van der Waals surface area contributed by atoms with E-state index in [9.17, 15) is 4.79 Å². The lowest BCUT2D eigenvalue weighted by molar-refractivity contribution is -0.0370. The standard InChI is InChI=1S/C15H21ClN2O2/c1-4-5-12-8-11(9-13(16)17-12)14(19)18-6-7-20-10-15(18,2)3/h8-9H,4-7,10H2,1-3H3. The van der Waals surface area contributed by atoms with Crippen molar-refractivity contribution >= 4 is 17.5 Å². The van der Waals surface area contributed by atoms with Crippen molar-refractivity contribution in [2.75, 3.05) is 19.8 Å². The molecule has 0 aromatic carbocycles. The predicted molar refractivity (Wildman–Crippen MR) is 79.2 cm³/mol. The number of nitrogens with zero attached hydrogens (tertiary/aromatic N) is 2. The minimum Gasteiger partial charge on any atom is -0.377 e. The van der Waals surface area contributed by atoms with Crippen LogP contribution in [-0.2, 0) is 11.2 Å². The summed E-state index contributed by atoms with van der Waals surface area (Å²) in [6.07, 6.45) is 1.80. The number of amides is 1. The number of aromatic nitrogens is 1. The van der Waals surface area contributed by atoms with Crippen LogP contribution in [-0.4, -0.2) is 41.1 Å². The summed E-state index contributed by atoms with van der Waals surface area (Å²) in [5.74, 6) is -0.0000435. The summed E-state index contributed by atoms with van der Waals surface area (Å²) in [6.45, 7) is 7.85. The molecule has 0 saturated carbocycles. The molecule has 1 aromatic rings. The molecule has 0 aliphatic carbocycles. The lowest BCUT2D eigenvalue weighted by Crippen LogP contribution is -2.55. The highest BCUT2D eigenvalue weighted by atomic mass is 35.5. The maximum Gasteiger partial charge on any atom is 0.254 e. The lowest BCUT2D eigenvalue weighted by Gasteiger charge is -2.42. The van der Waals surface area contributed by atoms with E-state index in [1.165, 1.54) is 0 Å². The summed E-state index contributed by atoms with van der Waals surface area (Å²) in [7, 11) is 0. The second kappa shape index (κ2) is 6.10. The molecule has 0 spiro atoms. The van der Waals surface area contributed by atoms with E-state index in [2.05, 4.69) is 11.9 Å². The number of carbonyl (C=O) groups is 1. The average Bonchev–Trinajstić information content (AvgIpc) is 2.37. The Labute approximate surface area is 125 Å². The third kappa shape index (κ3) is 3.30. The average molecular weight is 297 g/mol. The first-order valence-corrected chi connectivity index (χ1v) is 7.38. The van der Waals surface area contributed by atoms with Crippen LogP contribution in [0.5, 0.6) is 0 Å². The van der Waals surface area contributed by atoms with Crippen molar-refractivity contribution in [3.05, 3.63) is 28.5 Å². The number of hydrogen-bond donors (Lipinski definition) is 0. The van der Waals surface area contributed by atoms with Crippen LogP contribution in [0.3, 0.4) is 0 Å². The molecule has 20 heavy (non-hydrogen) atoms. The molecular weight excluding hydrogens is 276 g/mol. The number of halogens is 1. The zero-order valence-electron chi connectivity index (χ0n) is 12.3. The van der Waals surface area contributed by atoms with E-state index in [0.717, 1.165) is 18.5 Å². The fourth-order valence-electron chi connectivity index (χ4n) is 2.45. The van der Waals surface area contributed by atoms with Gasteiger partial charge in [-0.1, -0.05) is 24.9 Å². The molecule has 1 aromatic heterocycles. The Morgan fingerprint density at radius 2 is 2.25 bits per heavy atom. The summed E-state index contributed by atoms with van der Waals surface area (Å²) >= 11 is 6.03. The quantitative estimate of drug-likeness (QED) is 0.806. The minimum absolute atomic E-state index is 0.0000435. The monoisotopic (exact) mass is 296 g/mol. The SMILES string of the molecule is CCCc1cc(C(=O)N2CCOCC2(C)C)cc(Cl)n1. The first-order valence-electron chi connectivity index (χ1n) is 7.00. The fourth-order valence-corrected chi connectivity index (χ4v) is 2.68. The van der Waals surface area contributed by atoms with E-state index in [0.29, 0.717) is 30.5 Å². The Morgan fingerprint density at radius 3 is 2.90 bits per heavy atom. The van der Waals surface area contributed by atoms with Crippen molar-refractivity contribution < 1.29 is 9.53 Å². The van der Waals surface area contributed by atoms with Gasteiger partial charge in [-0.15, -0.1) is 0 Å². The molecule has 1 amide bonds. The Hall–Kier alpha value is -1.13. The fraction of sp³-hybridized carbons (Fsp3) is 0.600. The van der Waals surface area contributed by atoms with Crippen molar-refractivity contribution in [3.8, 4) is 0 Å². The molecule has 4 nitrogen and oxygen atoms in total. The third-order valence-electron chi connectivity index (χ3n) is 3.49. The lowest BCUT2D eigenvalue weighted by atomic mass is 10.0. The molecule has 1 aliphatic rings. The summed E-state index contributed by atoms with van der Waals surface area (Å²) in [5, 5.41) is 0.380. The molecule has 0 radical (unpaired) electrons. The zero-order chi connectivity index (χ0) is 14.8. The van der Waals surface area contributed by atoms with Crippen molar-refractivity contribution in [2.45, 2.75) is 39.2 Å². The van der Waals surface area contributed by atoms with Gasteiger partial charge in [-0.25, -0.2) is 4.98 Å². The maximum absolute atomic E-state index is 12.7. The van der Waals surface area contributed by atoms with Crippen LogP contribution in [0.4, 0.5) is 0 Å².